The van der Waals surface area contributed by atoms with Gasteiger partial charge in [-0.05, 0) is 31.2 Å². The second-order valence-corrected chi connectivity index (χ2v) is 3.21. The molecule has 0 heterocycles. The van der Waals surface area contributed by atoms with Gasteiger partial charge in [-0.15, -0.1) is 0 Å². The zero-order chi connectivity index (χ0) is 12.8. The summed E-state index contributed by atoms with van der Waals surface area (Å²) >= 11 is 0. The third-order valence-electron chi connectivity index (χ3n) is 1.99. The first-order chi connectivity index (χ1) is 8.08. The molecule has 5 nitrogen and oxygen atoms in total. The van der Waals surface area contributed by atoms with E-state index in [-0.39, 0.29) is 22.9 Å². The molecule has 0 bridgehead atoms. The maximum absolute atomic E-state index is 11.2. The maximum atomic E-state index is 11.2. The number of benzene rings is 1. The van der Waals surface area contributed by atoms with E-state index in [0.717, 1.165) is 0 Å². The number of hydrogen-bond donors (Lipinski definition) is 2. The van der Waals surface area contributed by atoms with Gasteiger partial charge in [0.25, 0.3) is 0 Å². The number of esters is 1. The fraction of sp³-hybridized carbons (Fsp3) is 0.167. The number of nitrogens with one attached hydrogen (secondary N) is 1. The number of aromatic hydroxyl groups is 1. The van der Waals surface area contributed by atoms with Crippen molar-refractivity contribution in [1.82, 2.24) is 0 Å². The van der Waals surface area contributed by atoms with Gasteiger partial charge in [0, 0.05) is 0 Å². The molecule has 0 saturated heterocycles. The molecular formula is C12H13NO4. The number of phenolic OH excluding ortho intramolecular Hbond substituents is 1. The number of methoxy groups -OCH3 is 1. The van der Waals surface area contributed by atoms with Gasteiger partial charge in [0.2, 0.25) is 5.91 Å². The van der Waals surface area contributed by atoms with Crippen LogP contribution in [0.25, 0.3) is 0 Å². The minimum atomic E-state index is -0.549. The quantitative estimate of drug-likeness (QED) is 0.475. The highest BCUT2D eigenvalue weighted by molar-refractivity contribution is 6.00. The predicted octanol–water partition coefficient (Wildman–Crippen LogP) is 1.69. The fourth-order valence-electron chi connectivity index (χ4n) is 1.21. The van der Waals surface area contributed by atoms with E-state index in [1.54, 1.807) is 13.0 Å². The first-order valence-electron chi connectivity index (χ1n) is 4.93. The summed E-state index contributed by atoms with van der Waals surface area (Å²) in [5.74, 6) is -1.09. The van der Waals surface area contributed by atoms with Crippen molar-refractivity contribution in [3.05, 3.63) is 35.9 Å². The molecule has 0 saturated carbocycles. The molecule has 17 heavy (non-hydrogen) atoms. The van der Waals surface area contributed by atoms with E-state index in [9.17, 15) is 14.7 Å². The molecule has 1 aromatic carbocycles. The lowest BCUT2D eigenvalue weighted by Crippen LogP contribution is -2.08. The van der Waals surface area contributed by atoms with Gasteiger partial charge in [-0.1, -0.05) is 6.08 Å². The van der Waals surface area contributed by atoms with Crippen molar-refractivity contribution in [3.8, 4) is 5.75 Å². The van der Waals surface area contributed by atoms with Gasteiger partial charge in [0.15, 0.2) is 0 Å². The maximum Gasteiger partial charge on any atom is 0.337 e. The molecule has 1 amide bonds. The minimum absolute atomic E-state index is 0.189. The number of phenols is 1. The summed E-state index contributed by atoms with van der Waals surface area (Å²) in [6.45, 7) is 1.71. The monoisotopic (exact) mass is 235 g/mol. The highest BCUT2D eigenvalue weighted by Gasteiger charge is 2.10. The van der Waals surface area contributed by atoms with E-state index in [1.807, 2.05) is 0 Å². The Labute approximate surface area is 98.7 Å². The smallest absolute Gasteiger partial charge is 0.337 e. The van der Waals surface area contributed by atoms with Crippen LogP contribution in [0.15, 0.2) is 30.4 Å². The Morgan fingerprint density at radius 1 is 1.41 bits per heavy atom. The molecule has 90 valence electrons. The van der Waals surface area contributed by atoms with Gasteiger partial charge >= 0.3 is 5.97 Å². The fourth-order valence-corrected chi connectivity index (χ4v) is 1.21. The average molecular weight is 235 g/mol. The summed E-state index contributed by atoms with van der Waals surface area (Å²) in [5, 5.41) is 12.1. The van der Waals surface area contributed by atoms with E-state index in [4.69, 9.17) is 0 Å². The second kappa shape index (κ2) is 5.69. The highest BCUT2D eigenvalue weighted by atomic mass is 16.5. The summed E-state index contributed by atoms with van der Waals surface area (Å²) in [6, 6.07) is 4.12. The number of allylic oxidation sites excluding steroid dienone is 1. The molecule has 0 aliphatic rings. The van der Waals surface area contributed by atoms with Gasteiger partial charge in [-0.3, -0.25) is 4.79 Å². The Kier molecular flexibility index (Phi) is 4.28. The van der Waals surface area contributed by atoms with Crippen LogP contribution in [0.4, 0.5) is 5.69 Å². The molecule has 1 rings (SSSR count). The molecule has 0 aliphatic carbocycles. The minimum Gasteiger partial charge on any atom is -0.506 e. The summed E-state index contributed by atoms with van der Waals surface area (Å²) in [6.07, 6.45) is 2.91. The Morgan fingerprint density at radius 2 is 2.12 bits per heavy atom. The van der Waals surface area contributed by atoms with Crippen molar-refractivity contribution in [2.45, 2.75) is 6.92 Å². The van der Waals surface area contributed by atoms with Crippen LogP contribution < -0.4 is 5.32 Å². The van der Waals surface area contributed by atoms with Crippen molar-refractivity contribution in [2.75, 3.05) is 12.4 Å². The lowest BCUT2D eigenvalue weighted by atomic mass is 10.2. The number of amides is 1. The lowest BCUT2D eigenvalue weighted by molar-refractivity contribution is -0.111. The standard InChI is InChI=1S/C12H13NO4/c1-3-4-11(15)13-9-6-5-8(7-10(9)14)12(16)17-2/h3-7,14H,1-2H3,(H,13,15)/b4-3+. The van der Waals surface area contributed by atoms with Gasteiger partial charge < -0.3 is 15.2 Å². The third-order valence-corrected chi connectivity index (χ3v) is 1.99. The number of anilines is 1. The Bertz CT molecular complexity index is 466. The SMILES string of the molecule is C/C=C/C(=O)Nc1ccc(C(=O)OC)cc1O. The zero-order valence-electron chi connectivity index (χ0n) is 9.56. The van der Waals surface area contributed by atoms with Gasteiger partial charge in [0.05, 0.1) is 18.4 Å². The predicted molar refractivity (Wildman–Crippen MR) is 62.9 cm³/mol. The van der Waals surface area contributed by atoms with Crippen LogP contribution in [0.5, 0.6) is 5.75 Å². The average Bonchev–Trinajstić information content (AvgIpc) is 2.31. The molecule has 2 N–H and O–H groups in total. The molecule has 0 aromatic heterocycles. The molecular weight excluding hydrogens is 222 g/mol. The first-order valence-corrected chi connectivity index (χ1v) is 4.93. The summed E-state index contributed by atoms with van der Waals surface area (Å²) in [7, 11) is 1.25. The largest absolute Gasteiger partial charge is 0.506 e. The van der Waals surface area contributed by atoms with Crippen molar-refractivity contribution in [3.63, 3.8) is 0 Å². The van der Waals surface area contributed by atoms with Gasteiger partial charge in [-0.2, -0.15) is 0 Å². The van der Waals surface area contributed by atoms with Gasteiger partial charge in [-0.25, -0.2) is 4.79 Å². The Morgan fingerprint density at radius 3 is 2.65 bits per heavy atom. The molecule has 5 heteroatoms. The zero-order valence-corrected chi connectivity index (χ0v) is 9.56. The second-order valence-electron chi connectivity index (χ2n) is 3.21. The van der Waals surface area contributed by atoms with Crippen molar-refractivity contribution < 1.29 is 19.4 Å². The van der Waals surface area contributed by atoms with Crippen molar-refractivity contribution in [2.24, 2.45) is 0 Å². The summed E-state index contributed by atoms with van der Waals surface area (Å²) < 4.78 is 4.50. The van der Waals surface area contributed by atoms with Gasteiger partial charge in [0.1, 0.15) is 5.75 Å². The summed E-state index contributed by atoms with van der Waals surface area (Å²) in [4.78, 5) is 22.4. The van der Waals surface area contributed by atoms with E-state index < -0.39 is 5.97 Å². The van der Waals surface area contributed by atoms with Crippen LogP contribution in [-0.4, -0.2) is 24.1 Å². The topological polar surface area (TPSA) is 75.6 Å². The molecule has 1 aromatic rings. The van der Waals surface area contributed by atoms with E-state index in [1.165, 1.54) is 31.4 Å². The lowest BCUT2D eigenvalue weighted by Gasteiger charge is -2.06. The Balaban J connectivity index is 2.90. The summed E-state index contributed by atoms with van der Waals surface area (Å²) in [5.41, 5.74) is 0.454. The van der Waals surface area contributed by atoms with Crippen LogP contribution in [0.2, 0.25) is 0 Å². The van der Waals surface area contributed by atoms with Crippen LogP contribution >= 0.6 is 0 Å². The van der Waals surface area contributed by atoms with E-state index >= 15 is 0 Å². The number of carbonyl (C=O) groups is 2. The highest BCUT2D eigenvalue weighted by Crippen LogP contribution is 2.24. The van der Waals surface area contributed by atoms with Crippen molar-refractivity contribution in [1.29, 1.82) is 0 Å². The Hall–Kier alpha value is -2.30. The molecule has 0 aliphatic heterocycles. The molecule has 0 fully saturated rings. The van der Waals surface area contributed by atoms with Crippen LogP contribution in [0.1, 0.15) is 17.3 Å². The molecule has 0 atom stereocenters. The van der Waals surface area contributed by atoms with E-state index in [2.05, 4.69) is 10.1 Å². The molecule has 0 unspecified atom stereocenters. The third kappa shape index (κ3) is 3.34. The first kappa shape index (κ1) is 12.8. The molecule has 0 spiro atoms. The van der Waals surface area contributed by atoms with E-state index in [0.29, 0.717) is 0 Å². The number of hydrogen-bond acceptors (Lipinski definition) is 4. The number of rotatable bonds is 3. The number of carbonyl (C=O) groups excluding carboxylic acids is 2. The molecule has 0 radical (unpaired) electrons. The van der Waals surface area contributed by atoms with Crippen LogP contribution in [-0.2, 0) is 9.53 Å². The van der Waals surface area contributed by atoms with Crippen molar-refractivity contribution >= 4 is 17.6 Å². The van der Waals surface area contributed by atoms with Crippen LogP contribution in [0, 0.1) is 0 Å². The van der Waals surface area contributed by atoms with Crippen LogP contribution in [0.3, 0.4) is 0 Å². The normalized spacial score (nSPS) is 10.2. The number of ether oxygens (including phenoxy) is 1.